The Bertz CT molecular complexity index is 2080. The highest BCUT2D eigenvalue weighted by Crippen LogP contribution is 2.44. The molecule has 5 aromatic rings. The predicted molar refractivity (Wildman–Crippen MR) is 181 cm³/mol. The van der Waals surface area contributed by atoms with E-state index in [4.69, 9.17) is 38.0 Å². The number of pyridine rings is 1. The zero-order valence-electron chi connectivity index (χ0n) is 26.0. The molecule has 2 aromatic heterocycles. The molecule has 2 aliphatic rings. The Labute approximate surface area is 281 Å². The number of ether oxygens (including phenoxy) is 1. The number of nitrogens with zero attached hydrogens (tertiary/aromatic N) is 6. The van der Waals surface area contributed by atoms with Crippen molar-refractivity contribution < 1.29 is 19.0 Å². The first-order valence-electron chi connectivity index (χ1n) is 15.8. The molecule has 12 heteroatoms. The number of carbonyl (C=O) groups is 1. The first kappa shape index (κ1) is 31.4. The fourth-order valence-electron chi connectivity index (χ4n) is 7.55. The van der Waals surface area contributed by atoms with E-state index in [1.807, 2.05) is 35.9 Å². The number of hydrogen-bond donors (Lipinski definition) is 1. The van der Waals surface area contributed by atoms with Crippen molar-refractivity contribution in [3.8, 4) is 23.1 Å². The predicted octanol–water partition coefficient (Wildman–Crippen LogP) is 8.31. The van der Waals surface area contributed by atoms with Crippen molar-refractivity contribution in [2.45, 2.75) is 63.3 Å². The van der Waals surface area contributed by atoms with E-state index < -0.39 is 18.0 Å². The lowest BCUT2D eigenvalue weighted by molar-refractivity contribution is 0.0915. The lowest BCUT2D eigenvalue weighted by atomic mass is 9.94. The molecular weight excluding hydrogens is 642 g/mol. The number of amides is 1. The van der Waals surface area contributed by atoms with Gasteiger partial charge < -0.3 is 14.7 Å². The Hall–Kier alpha value is -4.17. The minimum absolute atomic E-state index is 0.0580. The molecule has 0 spiro atoms. The van der Waals surface area contributed by atoms with Crippen LogP contribution < -0.4 is 4.74 Å². The molecule has 242 valence electrons. The lowest BCUT2D eigenvalue weighted by Gasteiger charge is -2.37. The molecule has 1 amide bonds. The quantitative estimate of drug-likeness (QED) is 0.193. The Morgan fingerprint density at radius 3 is 2.68 bits per heavy atom. The van der Waals surface area contributed by atoms with E-state index >= 15 is 4.39 Å². The summed E-state index contributed by atoms with van der Waals surface area (Å²) in [6, 6.07) is 14.4. The van der Waals surface area contributed by atoms with Gasteiger partial charge in [0.05, 0.1) is 46.7 Å². The first-order chi connectivity index (χ1) is 22.7. The monoisotopic (exact) mass is 674 g/mol. The molecule has 47 heavy (non-hydrogen) atoms. The van der Waals surface area contributed by atoms with Crippen molar-refractivity contribution in [1.82, 2.24) is 24.6 Å². The van der Waals surface area contributed by atoms with E-state index in [9.17, 15) is 15.2 Å². The fourth-order valence-corrected chi connectivity index (χ4v) is 8.13. The van der Waals surface area contributed by atoms with E-state index in [-0.39, 0.29) is 53.1 Å². The van der Waals surface area contributed by atoms with Gasteiger partial charge in [0.2, 0.25) is 5.88 Å². The lowest BCUT2D eigenvalue weighted by Crippen LogP contribution is -2.45. The molecule has 2 fully saturated rings. The van der Waals surface area contributed by atoms with Crippen LogP contribution in [-0.4, -0.2) is 74.1 Å². The van der Waals surface area contributed by atoms with Crippen molar-refractivity contribution in [1.29, 1.82) is 5.26 Å². The smallest absolute Gasteiger partial charge is 0.407 e. The Morgan fingerprint density at radius 1 is 1.17 bits per heavy atom. The third-order valence-electron chi connectivity index (χ3n) is 9.83. The SMILES string of the molecule is C[C@H](Oc1nc2c(F)c(-c3cccc4cccc(Cl)c34)c(Cl)cc2c2c1cnn2[C@H]1CCN(C(=O)O)[C@H](CC#N)C1)[C@@H]1CCCN1C. The summed E-state index contributed by atoms with van der Waals surface area (Å²) >= 11 is 13.6. The van der Waals surface area contributed by atoms with Crippen LogP contribution in [0.1, 0.15) is 45.1 Å². The number of benzene rings is 3. The maximum absolute atomic E-state index is 17.1. The first-order valence-corrected chi connectivity index (χ1v) is 16.5. The topological polar surface area (TPSA) is 108 Å². The van der Waals surface area contributed by atoms with Crippen molar-refractivity contribution in [3.63, 3.8) is 0 Å². The van der Waals surface area contributed by atoms with Gasteiger partial charge in [-0.1, -0.05) is 53.5 Å². The summed E-state index contributed by atoms with van der Waals surface area (Å²) in [5.74, 6) is -0.334. The van der Waals surface area contributed by atoms with Gasteiger partial charge in [0.25, 0.3) is 0 Å². The minimum atomic E-state index is -1.06. The third kappa shape index (κ3) is 5.40. The average molecular weight is 676 g/mol. The molecule has 0 bridgehead atoms. The van der Waals surface area contributed by atoms with E-state index in [1.165, 1.54) is 4.90 Å². The largest absolute Gasteiger partial charge is 0.472 e. The van der Waals surface area contributed by atoms with Crippen LogP contribution in [0, 0.1) is 17.1 Å². The van der Waals surface area contributed by atoms with Crippen molar-refractivity contribution in [2.75, 3.05) is 20.1 Å². The number of hydrogen-bond acceptors (Lipinski definition) is 6. The van der Waals surface area contributed by atoms with Crippen LogP contribution in [0.4, 0.5) is 9.18 Å². The standard InChI is InChI=1S/C35H33Cl2FN6O3/c1-19(28-10-5-14-42(28)2)47-34-25-18-40-44(22-12-15-43(35(45)46)21(16-22)11-13-39)33(25)24-17-27(37)30(31(38)32(24)41-34)23-8-3-6-20-7-4-9-26(36)29(20)23/h3-4,6-9,17-19,21-22,28H,5,10-12,14-16H2,1-2H3,(H,45,46)/t19-,21+,22-,28-/m0/s1. The van der Waals surface area contributed by atoms with Gasteiger partial charge >= 0.3 is 6.09 Å². The van der Waals surface area contributed by atoms with Crippen LogP contribution >= 0.6 is 23.2 Å². The maximum Gasteiger partial charge on any atom is 0.407 e. The molecule has 0 saturated carbocycles. The van der Waals surface area contributed by atoms with Gasteiger partial charge in [0, 0.05) is 33.9 Å². The van der Waals surface area contributed by atoms with Crippen LogP contribution in [0.3, 0.4) is 0 Å². The second-order valence-electron chi connectivity index (χ2n) is 12.5. The molecule has 3 aromatic carbocycles. The molecule has 7 rings (SSSR count). The van der Waals surface area contributed by atoms with E-state index in [2.05, 4.69) is 18.0 Å². The number of likely N-dealkylation sites (tertiary alicyclic amines) is 2. The maximum atomic E-state index is 17.1. The number of fused-ring (bicyclic) bond motifs is 4. The van der Waals surface area contributed by atoms with E-state index in [1.54, 1.807) is 24.4 Å². The molecule has 0 radical (unpaired) electrons. The van der Waals surface area contributed by atoms with Crippen LogP contribution in [-0.2, 0) is 0 Å². The summed E-state index contributed by atoms with van der Waals surface area (Å²) < 4.78 is 25.5. The van der Waals surface area contributed by atoms with Gasteiger partial charge in [-0.2, -0.15) is 10.4 Å². The van der Waals surface area contributed by atoms with E-state index in [0.717, 1.165) is 24.8 Å². The molecule has 1 N–H and O–H groups in total. The molecule has 9 nitrogen and oxygen atoms in total. The highest BCUT2D eigenvalue weighted by Gasteiger charge is 2.35. The molecule has 0 aliphatic carbocycles. The molecule has 2 aliphatic heterocycles. The molecule has 4 atom stereocenters. The number of carboxylic acid groups (broad SMARTS) is 1. The number of halogens is 3. The second kappa shape index (κ2) is 12.5. The van der Waals surface area contributed by atoms with Gasteiger partial charge in [0.1, 0.15) is 11.6 Å². The zero-order chi connectivity index (χ0) is 33.0. The number of aromatic nitrogens is 3. The van der Waals surface area contributed by atoms with Crippen LogP contribution in [0.5, 0.6) is 5.88 Å². The third-order valence-corrected chi connectivity index (χ3v) is 10.4. The van der Waals surface area contributed by atoms with Crippen LogP contribution in [0.2, 0.25) is 10.0 Å². The Kier molecular flexibility index (Phi) is 8.33. The minimum Gasteiger partial charge on any atom is -0.472 e. The zero-order valence-corrected chi connectivity index (χ0v) is 27.5. The molecule has 4 heterocycles. The summed E-state index contributed by atoms with van der Waals surface area (Å²) in [4.78, 5) is 20.3. The number of piperidine rings is 1. The van der Waals surface area contributed by atoms with Gasteiger partial charge in [-0.15, -0.1) is 0 Å². The summed E-state index contributed by atoms with van der Waals surface area (Å²) in [6.45, 7) is 3.22. The van der Waals surface area contributed by atoms with Gasteiger partial charge in [-0.25, -0.2) is 14.2 Å². The molecular formula is C35H33Cl2FN6O3. The number of rotatable bonds is 6. The number of likely N-dealkylation sites (N-methyl/N-ethyl adjacent to an activating group) is 1. The summed E-state index contributed by atoms with van der Waals surface area (Å²) in [5.41, 5.74) is 1.43. The molecule has 2 saturated heterocycles. The normalized spacial score (nSPS) is 21.0. The number of nitriles is 1. The van der Waals surface area contributed by atoms with Gasteiger partial charge in [-0.3, -0.25) is 9.58 Å². The summed E-state index contributed by atoms with van der Waals surface area (Å²) in [5, 5.41) is 27.3. The van der Waals surface area contributed by atoms with Gasteiger partial charge in [-0.05, 0) is 69.3 Å². The second-order valence-corrected chi connectivity index (χ2v) is 13.4. The van der Waals surface area contributed by atoms with E-state index in [0.29, 0.717) is 45.1 Å². The highest BCUT2D eigenvalue weighted by molar-refractivity contribution is 6.38. The Morgan fingerprint density at radius 2 is 1.96 bits per heavy atom. The van der Waals surface area contributed by atoms with Gasteiger partial charge in [0.15, 0.2) is 5.82 Å². The van der Waals surface area contributed by atoms with Crippen molar-refractivity contribution in [3.05, 3.63) is 64.5 Å². The van der Waals surface area contributed by atoms with Crippen molar-refractivity contribution >= 4 is 61.9 Å². The highest BCUT2D eigenvalue weighted by atomic mass is 35.5. The fraction of sp³-hybridized carbons (Fsp3) is 0.371. The summed E-state index contributed by atoms with van der Waals surface area (Å²) in [6.07, 6.45) is 3.34. The van der Waals surface area contributed by atoms with Crippen LogP contribution in [0.25, 0.3) is 43.7 Å². The summed E-state index contributed by atoms with van der Waals surface area (Å²) in [7, 11) is 2.07. The molecule has 0 unspecified atom stereocenters. The Balaban J connectivity index is 1.44. The average Bonchev–Trinajstić information content (AvgIpc) is 3.69. The van der Waals surface area contributed by atoms with Crippen molar-refractivity contribution in [2.24, 2.45) is 0 Å². The van der Waals surface area contributed by atoms with Crippen LogP contribution in [0.15, 0.2) is 48.7 Å².